The molecule has 0 fully saturated rings. The number of carbonyl (C=O) groups excluding carboxylic acids is 1. The molecule has 0 aliphatic carbocycles. The zero-order valence-corrected chi connectivity index (χ0v) is 8.42. The maximum absolute atomic E-state index is 10.4. The van der Waals surface area contributed by atoms with Crippen LogP contribution in [0.5, 0.6) is 0 Å². The van der Waals surface area contributed by atoms with Gasteiger partial charge in [-0.1, -0.05) is 17.2 Å². The zero-order valence-electron chi connectivity index (χ0n) is 4.92. The van der Waals surface area contributed by atoms with Crippen LogP contribution in [0.4, 0.5) is 4.79 Å². The molecule has 64 valence electrons. The van der Waals surface area contributed by atoms with Crippen molar-refractivity contribution >= 4 is 60.9 Å². The number of hydrogen-bond donors (Lipinski definition) is 4. The van der Waals surface area contributed by atoms with Crippen LogP contribution in [-0.4, -0.2) is 14.1 Å². The lowest BCUT2D eigenvalue weighted by atomic mass is 11.3. The molecule has 0 radical (unpaired) electrons. The summed E-state index contributed by atoms with van der Waals surface area (Å²) in [4.78, 5) is 18.5. The number of nitrogens with zero attached hydrogens (tertiary/aromatic N) is 1. The molecule has 0 saturated heterocycles. The largest absolute Gasteiger partial charge is 0.463 e. The summed E-state index contributed by atoms with van der Waals surface area (Å²) in [6.45, 7) is 0. The smallest absolute Gasteiger partial charge is 0.250 e. The fourth-order valence-electron chi connectivity index (χ4n) is 0.125. The second-order valence-electron chi connectivity index (χ2n) is 1.13. The Kier molecular flexibility index (Phi) is 5.86. The first kappa shape index (κ1) is 11.2. The Morgan fingerprint density at radius 2 is 2.09 bits per heavy atom. The number of hydrogen-bond acceptors (Lipinski definition) is 6. The van der Waals surface area contributed by atoms with E-state index in [1.165, 1.54) is 0 Å². The Labute approximate surface area is 84.8 Å². The third-order valence-electron chi connectivity index (χ3n) is 0.405. The van der Waals surface area contributed by atoms with Gasteiger partial charge in [0.25, 0.3) is 0 Å². The zero-order chi connectivity index (χ0) is 8.85. The second kappa shape index (κ2) is 5.77. The van der Waals surface area contributed by atoms with E-state index in [0.29, 0.717) is 3.71 Å². The van der Waals surface area contributed by atoms with Gasteiger partial charge < -0.3 is 0 Å². The van der Waals surface area contributed by atoms with E-state index in [-0.39, 0.29) is 4.32 Å². The highest BCUT2D eigenvalue weighted by Crippen LogP contribution is 2.00. The van der Waals surface area contributed by atoms with Gasteiger partial charge in [-0.25, -0.2) is 15.2 Å². The lowest BCUT2D eigenvalue weighted by Gasteiger charge is -2.05. The van der Waals surface area contributed by atoms with Crippen molar-refractivity contribution < 1.29 is 14.7 Å². The summed E-state index contributed by atoms with van der Waals surface area (Å²) < 4.78 is 0.617. The van der Waals surface area contributed by atoms with Crippen LogP contribution in [-0.2, 0) is 9.88 Å². The monoisotopic (exact) mass is 232 g/mol. The van der Waals surface area contributed by atoms with E-state index in [0.717, 1.165) is 0 Å². The van der Waals surface area contributed by atoms with Gasteiger partial charge in [0.1, 0.15) is 0 Å². The standard InChI is InChI=1S/C2H4N2O3S4/c5-2(4(10)11)6-7-3-1(8)9/h10-11H,(H2,3,8,9). The first-order valence-corrected chi connectivity index (χ1v) is 3.74. The minimum atomic E-state index is -0.909. The summed E-state index contributed by atoms with van der Waals surface area (Å²) in [6, 6.07) is 0. The molecule has 0 aromatic rings. The lowest BCUT2D eigenvalue weighted by molar-refractivity contribution is -0.268. The molecule has 0 heterocycles. The number of amides is 1. The van der Waals surface area contributed by atoms with Crippen LogP contribution in [0.1, 0.15) is 0 Å². The van der Waals surface area contributed by atoms with Crippen LogP contribution in [0.2, 0.25) is 0 Å². The quantitative estimate of drug-likeness (QED) is 0.245. The topological polar surface area (TPSA) is 50.8 Å². The predicted octanol–water partition coefficient (Wildman–Crippen LogP) is 0.765. The van der Waals surface area contributed by atoms with Crippen LogP contribution in [0.3, 0.4) is 0 Å². The van der Waals surface area contributed by atoms with Crippen LogP contribution < -0.4 is 5.48 Å². The highest BCUT2D eigenvalue weighted by atomic mass is 32.2. The third kappa shape index (κ3) is 6.56. The number of hydroxylamine groups is 1. The molecule has 0 aliphatic heterocycles. The Morgan fingerprint density at radius 1 is 1.55 bits per heavy atom. The van der Waals surface area contributed by atoms with E-state index >= 15 is 0 Å². The van der Waals surface area contributed by atoms with Gasteiger partial charge in [0.15, 0.2) is 4.32 Å². The molecule has 0 aromatic carbocycles. The maximum atomic E-state index is 10.4. The van der Waals surface area contributed by atoms with Crippen molar-refractivity contribution in [2.75, 3.05) is 0 Å². The molecule has 0 unspecified atom stereocenters. The highest BCUT2D eigenvalue weighted by Gasteiger charge is 2.07. The molecule has 5 nitrogen and oxygen atoms in total. The number of rotatable bonds is 2. The van der Waals surface area contributed by atoms with E-state index in [1.807, 2.05) is 5.48 Å². The first-order chi connectivity index (χ1) is 5.04. The summed E-state index contributed by atoms with van der Waals surface area (Å²) in [7, 11) is 0. The van der Waals surface area contributed by atoms with Crippen LogP contribution in [0, 0.1) is 0 Å². The molecule has 0 atom stereocenters. The Bertz CT molecular complexity index is 161. The van der Waals surface area contributed by atoms with Crippen LogP contribution >= 0.6 is 50.5 Å². The number of thiol groups is 3. The fraction of sp³-hybridized carbons (Fsp3) is 0. The van der Waals surface area contributed by atoms with Crippen molar-refractivity contribution in [3.63, 3.8) is 0 Å². The molecule has 1 amide bonds. The molecular formula is C2H4N2O3S4. The van der Waals surface area contributed by atoms with Crippen molar-refractivity contribution in [1.82, 2.24) is 9.19 Å². The van der Waals surface area contributed by atoms with Gasteiger partial charge in [0, 0.05) is 0 Å². The van der Waals surface area contributed by atoms with Gasteiger partial charge in [-0.15, -0.1) is 12.6 Å². The third-order valence-corrected chi connectivity index (χ3v) is 0.906. The molecule has 0 rings (SSSR count). The first-order valence-electron chi connectivity index (χ1n) is 2.08. The average Bonchev–Trinajstić information content (AvgIpc) is 1.86. The summed E-state index contributed by atoms with van der Waals surface area (Å²) in [5, 5.41) is 0. The molecule has 0 bridgehead atoms. The molecular weight excluding hydrogens is 228 g/mol. The molecule has 0 saturated carbocycles. The van der Waals surface area contributed by atoms with Gasteiger partial charge in [-0.2, -0.15) is 3.71 Å². The normalized spacial score (nSPS) is 8.64. The Morgan fingerprint density at radius 3 is 2.45 bits per heavy atom. The lowest BCUT2D eigenvalue weighted by Crippen LogP contribution is -2.22. The summed E-state index contributed by atoms with van der Waals surface area (Å²) >= 11 is 15.0. The number of carbonyl (C=O) groups is 1. The SMILES string of the molecule is O=C(OONC(=S)S)N(S)S. The van der Waals surface area contributed by atoms with Crippen molar-refractivity contribution in [1.29, 1.82) is 0 Å². The molecule has 0 aliphatic rings. The van der Waals surface area contributed by atoms with Crippen molar-refractivity contribution in [3.8, 4) is 0 Å². The molecule has 1 N–H and O–H groups in total. The minimum Gasteiger partial charge on any atom is -0.250 e. The second-order valence-corrected chi connectivity index (χ2v) is 3.40. The van der Waals surface area contributed by atoms with E-state index in [2.05, 4.69) is 60.4 Å². The Hall–Kier alpha value is 0.170. The van der Waals surface area contributed by atoms with Crippen molar-refractivity contribution in [2.45, 2.75) is 0 Å². The van der Waals surface area contributed by atoms with Crippen LogP contribution in [0.25, 0.3) is 0 Å². The van der Waals surface area contributed by atoms with Gasteiger partial charge >= 0.3 is 6.09 Å². The van der Waals surface area contributed by atoms with E-state index < -0.39 is 6.09 Å². The van der Waals surface area contributed by atoms with Gasteiger partial charge in [-0.3, -0.25) is 0 Å². The van der Waals surface area contributed by atoms with Crippen LogP contribution in [0.15, 0.2) is 0 Å². The number of thiocarbonyl (C=S) groups is 1. The van der Waals surface area contributed by atoms with Crippen molar-refractivity contribution in [3.05, 3.63) is 0 Å². The summed E-state index contributed by atoms with van der Waals surface area (Å²) in [5.41, 5.74) is 1.99. The number of nitrogens with one attached hydrogen (secondary N) is 1. The van der Waals surface area contributed by atoms with E-state index in [1.54, 1.807) is 0 Å². The van der Waals surface area contributed by atoms with Gasteiger partial charge in [-0.05, 0) is 25.6 Å². The molecule has 9 heteroatoms. The predicted molar refractivity (Wildman–Crippen MR) is 52.1 cm³/mol. The minimum absolute atomic E-state index is 0.0303. The summed E-state index contributed by atoms with van der Waals surface area (Å²) in [5.74, 6) is 0. The maximum Gasteiger partial charge on any atom is 0.463 e. The van der Waals surface area contributed by atoms with E-state index in [4.69, 9.17) is 0 Å². The Balaban J connectivity index is 3.39. The molecule has 11 heavy (non-hydrogen) atoms. The van der Waals surface area contributed by atoms with E-state index in [9.17, 15) is 4.79 Å². The van der Waals surface area contributed by atoms with Gasteiger partial charge in [0.05, 0.1) is 0 Å². The fourth-order valence-corrected chi connectivity index (χ4v) is 0.263. The highest BCUT2D eigenvalue weighted by molar-refractivity contribution is 8.11. The molecule has 0 aromatic heterocycles. The van der Waals surface area contributed by atoms with Gasteiger partial charge in [0.2, 0.25) is 0 Å². The average molecular weight is 232 g/mol. The van der Waals surface area contributed by atoms with Crippen molar-refractivity contribution in [2.24, 2.45) is 0 Å². The molecule has 0 spiro atoms. The summed E-state index contributed by atoms with van der Waals surface area (Å²) in [6.07, 6.45) is -0.909.